The second-order valence-corrected chi connectivity index (χ2v) is 17.4. The van der Waals surface area contributed by atoms with Gasteiger partial charge in [0.15, 0.2) is 14.6 Å². The van der Waals surface area contributed by atoms with Gasteiger partial charge in [-0.25, -0.2) is 9.37 Å². The van der Waals surface area contributed by atoms with E-state index in [1.165, 1.54) is 0 Å². The van der Waals surface area contributed by atoms with Crippen LogP contribution in [-0.4, -0.2) is 52.1 Å². The van der Waals surface area contributed by atoms with Crippen LogP contribution in [0.25, 0.3) is 11.1 Å². The molecule has 0 bridgehead atoms. The first-order chi connectivity index (χ1) is 18.3. The van der Waals surface area contributed by atoms with Crippen LogP contribution in [0.3, 0.4) is 0 Å². The summed E-state index contributed by atoms with van der Waals surface area (Å²) in [6.07, 6.45) is 4.44. The Balaban J connectivity index is 1.67. The van der Waals surface area contributed by atoms with Crippen molar-refractivity contribution >= 4 is 19.8 Å². The van der Waals surface area contributed by atoms with Gasteiger partial charge in [0.25, 0.3) is 0 Å². The smallest absolute Gasteiger partial charge is 0.192 e. The molecule has 3 heterocycles. The molecule has 9 heteroatoms. The molecule has 1 atom stereocenters. The predicted molar refractivity (Wildman–Crippen MR) is 156 cm³/mol. The molecule has 4 rings (SSSR count). The number of halogens is 1. The van der Waals surface area contributed by atoms with Crippen LogP contribution < -0.4 is 4.90 Å². The highest BCUT2D eigenvalue weighted by Gasteiger charge is 2.38. The number of pyridine rings is 1. The Morgan fingerprint density at radius 2 is 1.90 bits per heavy atom. The summed E-state index contributed by atoms with van der Waals surface area (Å²) in [6, 6.07) is 7.50. The maximum Gasteiger partial charge on any atom is 0.192 e. The largest absolute Gasteiger partial charge is 0.412 e. The maximum absolute atomic E-state index is 15.9. The Morgan fingerprint density at radius 3 is 2.54 bits per heavy atom. The van der Waals surface area contributed by atoms with Crippen LogP contribution in [0.1, 0.15) is 65.0 Å². The lowest BCUT2D eigenvalue weighted by Gasteiger charge is -2.39. The first-order valence-corrected chi connectivity index (χ1v) is 16.8. The van der Waals surface area contributed by atoms with E-state index in [0.717, 1.165) is 36.4 Å². The van der Waals surface area contributed by atoms with E-state index in [1.807, 2.05) is 26.0 Å². The zero-order valence-electron chi connectivity index (χ0n) is 24.8. The van der Waals surface area contributed by atoms with Crippen LogP contribution in [0, 0.1) is 5.82 Å². The maximum atomic E-state index is 15.9. The summed E-state index contributed by atoms with van der Waals surface area (Å²) >= 11 is 0. The molecule has 2 aliphatic rings. The molecule has 0 amide bonds. The van der Waals surface area contributed by atoms with Crippen molar-refractivity contribution in [1.82, 2.24) is 4.98 Å². The average Bonchev–Trinajstić information content (AvgIpc) is 2.85. The lowest BCUT2D eigenvalue weighted by Crippen LogP contribution is -2.49. The molecule has 1 aromatic heterocycles. The molecule has 1 aromatic carbocycles. The first kappa shape index (κ1) is 29.6. The molecule has 39 heavy (non-hydrogen) atoms. The summed E-state index contributed by atoms with van der Waals surface area (Å²) in [7, 11) is -0.473. The third kappa shape index (κ3) is 6.70. The van der Waals surface area contributed by atoms with Gasteiger partial charge in [0.1, 0.15) is 18.7 Å². The molecular weight excluding hydrogens is 513 g/mol. The van der Waals surface area contributed by atoms with Gasteiger partial charge in [0, 0.05) is 35.1 Å². The monoisotopic (exact) mass is 557 g/mol. The minimum absolute atomic E-state index is 0.0497. The van der Waals surface area contributed by atoms with Gasteiger partial charge < -0.3 is 23.6 Å². The number of benzene rings is 1. The summed E-state index contributed by atoms with van der Waals surface area (Å²) in [5.74, 6) is 0.525. The van der Waals surface area contributed by atoms with Crippen LogP contribution in [-0.2, 0) is 30.9 Å². The van der Waals surface area contributed by atoms with Crippen molar-refractivity contribution < 1.29 is 23.1 Å². The van der Waals surface area contributed by atoms with E-state index in [1.54, 1.807) is 25.4 Å². The van der Waals surface area contributed by atoms with Crippen molar-refractivity contribution in [1.29, 1.82) is 0 Å². The molecule has 2 aliphatic heterocycles. The minimum Gasteiger partial charge on any atom is -0.412 e. The highest BCUT2D eigenvalue weighted by molar-refractivity contribution is 6.74. The van der Waals surface area contributed by atoms with Crippen molar-refractivity contribution in [3.8, 4) is 11.1 Å². The van der Waals surface area contributed by atoms with Crippen molar-refractivity contribution in [3.63, 3.8) is 0 Å². The molecular formula is C30H44FN3O4Si. The number of oxime groups is 1. The molecule has 0 aliphatic carbocycles. The van der Waals surface area contributed by atoms with Gasteiger partial charge in [-0.1, -0.05) is 44.1 Å². The SMILES string of the molecule is CON=C1CN(c2ncc(-c3cccc(CO[Si](C)(C)C(C)(C)C)c3F)cc2C(C)(C)OC2CCCCO2)C1. The van der Waals surface area contributed by atoms with Crippen molar-refractivity contribution in [2.24, 2.45) is 5.16 Å². The Morgan fingerprint density at radius 1 is 1.15 bits per heavy atom. The van der Waals surface area contributed by atoms with Crippen LogP contribution in [0.15, 0.2) is 35.6 Å². The second-order valence-electron chi connectivity index (χ2n) is 12.5. The van der Waals surface area contributed by atoms with E-state index < -0.39 is 13.9 Å². The minimum atomic E-state index is -2.02. The Hall–Kier alpha value is -2.33. The van der Waals surface area contributed by atoms with Crippen molar-refractivity contribution in [3.05, 3.63) is 47.4 Å². The van der Waals surface area contributed by atoms with Gasteiger partial charge in [0.05, 0.1) is 31.0 Å². The number of rotatable bonds is 9. The first-order valence-electron chi connectivity index (χ1n) is 13.9. The van der Waals surface area contributed by atoms with E-state index in [-0.39, 0.29) is 23.8 Å². The summed E-state index contributed by atoms with van der Waals surface area (Å²) < 4.78 is 34.6. The van der Waals surface area contributed by atoms with Gasteiger partial charge in [0.2, 0.25) is 0 Å². The Bertz CT molecular complexity index is 1180. The lowest BCUT2D eigenvalue weighted by molar-refractivity contribution is -0.218. The van der Waals surface area contributed by atoms with Crippen LogP contribution in [0.4, 0.5) is 10.2 Å². The normalized spacial score (nSPS) is 18.6. The second kappa shape index (κ2) is 11.6. The van der Waals surface area contributed by atoms with E-state index >= 15 is 4.39 Å². The van der Waals surface area contributed by atoms with Crippen molar-refractivity contribution in [2.75, 3.05) is 31.7 Å². The molecule has 0 radical (unpaired) electrons. The number of anilines is 1. The van der Waals surface area contributed by atoms with Crippen LogP contribution in [0.2, 0.25) is 18.1 Å². The molecule has 7 nitrogen and oxygen atoms in total. The number of aromatic nitrogens is 1. The summed E-state index contributed by atoms with van der Waals surface area (Å²) in [5, 5.41) is 4.11. The topological polar surface area (TPSA) is 65.4 Å². The van der Waals surface area contributed by atoms with E-state index in [9.17, 15) is 0 Å². The van der Waals surface area contributed by atoms with Crippen LogP contribution >= 0.6 is 0 Å². The molecule has 214 valence electrons. The fraction of sp³-hybridized carbons (Fsp3) is 0.600. The van der Waals surface area contributed by atoms with Gasteiger partial charge in [-0.2, -0.15) is 0 Å². The molecule has 2 aromatic rings. The summed E-state index contributed by atoms with van der Waals surface area (Å²) in [6.45, 7) is 17.2. The third-order valence-corrected chi connectivity index (χ3v) is 12.6. The fourth-order valence-corrected chi connectivity index (χ4v) is 5.57. The Labute approximate surface area is 233 Å². The van der Waals surface area contributed by atoms with E-state index in [4.69, 9.17) is 23.7 Å². The van der Waals surface area contributed by atoms with Gasteiger partial charge in [-0.05, 0) is 57.3 Å². The summed E-state index contributed by atoms with van der Waals surface area (Å²) in [4.78, 5) is 11.9. The van der Waals surface area contributed by atoms with Gasteiger partial charge >= 0.3 is 0 Å². The third-order valence-electron chi connectivity index (χ3n) is 8.13. The zero-order chi connectivity index (χ0) is 28.4. The number of ether oxygens (including phenoxy) is 2. The quantitative estimate of drug-likeness (QED) is 0.244. The summed E-state index contributed by atoms with van der Waals surface area (Å²) in [5.41, 5.74) is 2.87. The van der Waals surface area contributed by atoms with Crippen LogP contribution in [0.5, 0.6) is 0 Å². The van der Waals surface area contributed by atoms with Crippen molar-refractivity contribution in [2.45, 2.75) is 90.5 Å². The molecule has 0 saturated carbocycles. The standard InChI is InChI=1S/C30H44FN3O4Si/c1-29(2,3)39(7,8)37-20-21-12-11-13-24(27(21)31)22-16-25(30(4,5)38-26-14-9-10-15-36-26)28(32-17-22)34-18-23(19-34)33-35-6/h11-13,16-17,26H,9-10,14-15,18-20H2,1-8H3. The van der Waals surface area contributed by atoms with E-state index in [0.29, 0.717) is 36.4 Å². The number of hydrogen-bond donors (Lipinski definition) is 0. The highest BCUT2D eigenvalue weighted by Crippen LogP contribution is 2.40. The predicted octanol–water partition coefficient (Wildman–Crippen LogP) is 7.01. The number of hydrogen-bond acceptors (Lipinski definition) is 7. The zero-order valence-corrected chi connectivity index (χ0v) is 25.8. The highest BCUT2D eigenvalue weighted by atomic mass is 28.4. The van der Waals surface area contributed by atoms with Gasteiger partial charge in [-0.3, -0.25) is 0 Å². The molecule has 0 N–H and O–H groups in total. The average molecular weight is 558 g/mol. The van der Waals surface area contributed by atoms with Gasteiger partial charge in [-0.15, -0.1) is 0 Å². The Kier molecular flexibility index (Phi) is 8.85. The number of nitrogens with zero attached hydrogens (tertiary/aromatic N) is 3. The molecule has 0 spiro atoms. The molecule has 2 fully saturated rings. The van der Waals surface area contributed by atoms with E-state index in [2.05, 4.69) is 43.9 Å². The fourth-order valence-electron chi connectivity index (χ4n) is 4.62. The molecule has 2 saturated heterocycles. The molecule has 1 unspecified atom stereocenters. The lowest BCUT2D eigenvalue weighted by atomic mass is 9.93.